The lowest BCUT2D eigenvalue weighted by Gasteiger charge is -2.35. The summed E-state index contributed by atoms with van der Waals surface area (Å²) in [5, 5.41) is 41.6. The maximum Gasteiger partial charge on any atom is 0.415 e. The van der Waals surface area contributed by atoms with Crippen molar-refractivity contribution in [2.45, 2.75) is 24.4 Å². The number of aromatic hydroxyl groups is 2. The smallest absolute Gasteiger partial charge is 0.415 e. The summed E-state index contributed by atoms with van der Waals surface area (Å²) in [5.41, 5.74) is 0.711. The quantitative estimate of drug-likeness (QED) is 0.334. The molecular formula is C31H32N2O11. The number of carbonyl (C=O) groups excluding carboxylic acids is 2. The van der Waals surface area contributed by atoms with Crippen molar-refractivity contribution < 1.29 is 53.7 Å². The van der Waals surface area contributed by atoms with Crippen LogP contribution in [0.3, 0.4) is 0 Å². The van der Waals surface area contributed by atoms with Gasteiger partial charge in [0, 0.05) is 43.9 Å². The number of Topliss-reactive ketones (excluding diaryl/α,β-unsaturated/α-hetero) is 1. The number of ketones is 1. The lowest BCUT2D eigenvalue weighted by Crippen LogP contribution is -2.48. The molecule has 0 aromatic heterocycles. The van der Waals surface area contributed by atoms with Gasteiger partial charge in [-0.1, -0.05) is 12.1 Å². The van der Waals surface area contributed by atoms with Crippen molar-refractivity contribution >= 4 is 11.9 Å². The van der Waals surface area contributed by atoms with Gasteiger partial charge in [0.05, 0.1) is 13.7 Å². The summed E-state index contributed by atoms with van der Waals surface area (Å²) in [5.74, 6) is -0.597. The number of aliphatic hydroxyl groups is 2. The number of carbonyl (C=O) groups is 2. The van der Waals surface area contributed by atoms with Crippen LogP contribution in [-0.4, -0.2) is 101 Å². The lowest BCUT2D eigenvalue weighted by molar-refractivity contribution is -0.0130. The van der Waals surface area contributed by atoms with Crippen molar-refractivity contribution in [3.8, 4) is 40.2 Å². The maximum atomic E-state index is 13.2. The number of phenols is 2. The number of hydrogen-bond donors (Lipinski definition) is 4. The van der Waals surface area contributed by atoms with Crippen LogP contribution in [0.1, 0.15) is 33.7 Å². The van der Waals surface area contributed by atoms with Gasteiger partial charge in [0.15, 0.2) is 47.4 Å². The molecule has 3 aliphatic rings. The SMILES string of the molecule is COc1cc(C2Oc3cc([C@H]4Oc5cc(OC(=O)N6CCN(C)CC6)cc(O)c5C(=O)[C@@H]4O)ccc3OC2CO)ccc1O. The molecule has 6 rings (SSSR count). The maximum absolute atomic E-state index is 13.2. The summed E-state index contributed by atoms with van der Waals surface area (Å²) < 4.78 is 28.9. The van der Waals surface area contributed by atoms with E-state index >= 15 is 0 Å². The first-order valence-corrected chi connectivity index (χ1v) is 14.0. The number of amides is 1. The molecule has 13 nitrogen and oxygen atoms in total. The zero-order chi connectivity index (χ0) is 31.1. The normalized spacial score (nSPS) is 23.0. The molecule has 0 spiro atoms. The van der Waals surface area contributed by atoms with Gasteiger partial charge in [0.25, 0.3) is 0 Å². The van der Waals surface area contributed by atoms with E-state index in [1.54, 1.807) is 35.2 Å². The Kier molecular flexibility index (Phi) is 7.84. The molecule has 2 unspecified atom stereocenters. The van der Waals surface area contributed by atoms with Crippen LogP contribution in [0.4, 0.5) is 4.79 Å². The molecule has 3 aromatic rings. The minimum atomic E-state index is -1.67. The molecule has 0 aliphatic carbocycles. The van der Waals surface area contributed by atoms with E-state index in [9.17, 15) is 30.0 Å². The van der Waals surface area contributed by atoms with Gasteiger partial charge < -0.3 is 53.9 Å². The highest BCUT2D eigenvalue weighted by atomic mass is 16.6. The molecule has 3 heterocycles. The lowest BCUT2D eigenvalue weighted by atomic mass is 9.92. The van der Waals surface area contributed by atoms with Gasteiger partial charge in [0.2, 0.25) is 5.78 Å². The highest BCUT2D eigenvalue weighted by Crippen LogP contribution is 2.46. The number of likely N-dealkylation sites (N-methyl/N-ethyl adjacent to an activating group) is 1. The van der Waals surface area contributed by atoms with Crippen LogP contribution in [0.25, 0.3) is 0 Å². The van der Waals surface area contributed by atoms with Gasteiger partial charge in [-0.15, -0.1) is 0 Å². The molecule has 0 bridgehead atoms. The number of aliphatic hydroxyl groups excluding tert-OH is 2. The molecule has 0 saturated carbocycles. The van der Waals surface area contributed by atoms with Crippen LogP contribution >= 0.6 is 0 Å². The Labute approximate surface area is 252 Å². The van der Waals surface area contributed by atoms with Crippen molar-refractivity contribution in [3.63, 3.8) is 0 Å². The van der Waals surface area contributed by atoms with Crippen molar-refractivity contribution in [2.75, 3.05) is 46.9 Å². The van der Waals surface area contributed by atoms with Crippen LogP contribution in [0.5, 0.6) is 40.2 Å². The van der Waals surface area contributed by atoms with Gasteiger partial charge in [-0.2, -0.15) is 0 Å². The number of rotatable bonds is 5. The molecule has 3 aliphatic heterocycles. The van der Waals surface area contributed by atoms with Gasteiger partial charge in [-0.3, -0.25) is 4.79 Å². The highest BCUT2D eigenvalue weighted by Gasteiger charge is 2.41. The van der Waals surface area contributed by atoms with E-state index in [2.05, 4.69) is 4.90 Å². The summed E-state index contributed by atoms with van der Waals surface area (Å²) >= 11 is 0. The van der Waals surface area contributed by atoms with Gasteiger partial charge in [-0.05, 0) is 36.9 Å². The molecule has 44 heavy (non-hydrogen) atoms. The van der Waals surface area contributed by atoms with E-state index in [-0.39, 0.29) is 40.9 Å². The Bertz CT molecular complexity index is 1590. The molecule has 4 atom stereocenters. The molecule has 13 heteroatoms. The third kappa shape index (κ3) is 5.41. The molecule has 1 fully saturated rings. The Morgan fingerprint density at radius 2 is 1.59 bits per heavy atom. The fourth-order valence-corrected chi connectivity index (χ4v) is 5.48. The first-order valence-electron chi connectivity index (χ1n) is 14.0. The average molecular weight is 609 g/mol. The number of methoxy groups -OCH3 is 1. The minimum Gasteiger partial charge on any atom is -0.507 e. The summed E-state index contributed by atoms with van der Waals surface area (Å²) in [6, 6.07) is 11.8. The van der Waals surface area contributed by atoms with Crippen LogP contribution in [0.15, 0.2) is 48.5 Å². The second-order valence-electron chi connectivity index (χ2n) is 10.8. The molecule has 1 saturated heterocycles. The molecule has 3 aromatic carbocycles. The molecule has 1 amide bonds. The van der Waals surface area contributed by atoms with E-state index in [1.807, 2.05) is 7.05 Å². The molecular weight excluding hydrogens is 576 g/mol. The second-order valence-corrected chi connectivity index (χ2v) is 10.8. The summed E-state index contributed by atoms with van der Waals surface area (Å²) in [7, 11) is 3.37. The zero-order valence-electron chi connectivity index (χ0n) is 24.0. The monoisotopic (exact) mass is 608 g/mol. The van der Waals surface area contributed by atoms with Gasteiger partial charge in [0.1, 0.15) is 22.8 Å². The first-order chi connectivity index (χ1) is 21.2. The number of ether oxygens (including phenoxy) is 5. The van der Waals surface area contributed by atoms with Crippen molar-refractivity contribution in [1.82, 2.24) is 9.80 Å². The molecule has 0 radical (unpaired) electrons. The van der Waals surface area contributed by atoms with Crippen LogP contribution in [-0.2, 0) is 0 Å². The summed E-state index contributed by atoms with van der Waals surface area (Å²) in [6.07, 6.45) is -5.02. The Morgan fingerprint density at radius 1 is 0.886 bits per heavy atom. The number of phenolic OH excluding ortho intramolecular Hbond substituents is 2. The number of benzene rings is 3. The summed E-state index contributed by atoms with van der Waals surface area (Å²) in [6.45, 7) is 2.00. The summed E-state index contributed by atoms with van der Waals surface area (Å²) in [4.78, 5) is 29.6. The number of piperazine rings is 1. The largest absolute Gasteiger partial charge is 0.507 e. The Balaban J connectivity index is 1.26. The van der Waals surface area contributed by atoms with E-state index < -0.39 is 42.0 Å². The molecule has 4 N–H and O–H groups in total. The van der Waals surface area contributed by atoms with Crippen LogP contribution in [0.2, 0.25) is 0 Å². The average Bonchev–Trinajstić information content (AvgIpc) is 3.02. The van der Waals surface area contributed by atoms with E-state index in [0.717, 1.165) is 6.07 Å². The van der Waals surface area contributed by atoms with Crippen molar-refractivity contribution in [1.29, 1.82) is 0 Å². The highest BCUT2D eigenvalue weighted by molar-refractivity contribution is 6.05. The van der Waals surface area contributed by atoms with Gasteiger partial charge >= 0.3 is 6.09 Å². The van der Waals surface area contributed by atoms with E-state index in [0.29, 0.717) is 43.1 Å². The predicted octanol–water partition coefficient (Wildman–Crippen LogP) is 2.40. The van der Waals surface area contributed by atoms with Crippen LogP contribution in [0, 0.1) is 0 Å². The van der Waals surface area contributed by atoms with Gasteiger partial charge in [-0.25, -0.2) is 4.79 Å². The third-order valence-corrected chi connectivity index (χ3v) is 7.96. The number of nitrogens with zero attached hydrogens (tertiary/aromatic N) is 2. The Hall–Kier alpha value is -4.72. The third-order valence-electron chi connectivity index (χ3n) is 7.96. The molecule has 232 valence electrons. The van der Waals surface area contributed by atoms with Crippen molar-refractivity contribution in [2.24, 2.45) is 0 Å². The number of hydrogen-bond acceptors (Lipinski definition) is 12. The standard InChI is InChI=1S/C31H32N2O11/c1-32-7-9-33(10-8-32)31(39)41-18-13-20(36)26-24(14-18)44-30(28(38)27(26)37)17-4-6-21-23(12-17)43-29(25(15-34)42-21)16-3-5-19(35)22(11-16)40-2/h3-6,11-14,25,28-30,34-36,38H,7-10,15H2,1-2H3/t25?,28-,29?,30+/m0/s1. The fraction of sp³-hybridized carbons (Fsp3) is 0.355. The Morgan fingerprint density at radius 3 is 2.32 bits per heavy atom. The van der Waals surface area contributed by atoms with E-state index in [1.165, 1.54) is 19.2 Å². The minimum absolute atomic E-state index is 0.0162. The number of fused-ring (bicyclic) bond motifs is 2. The van der Waals surface area contributed by atoms with Crippen molar-refractivity contribution in [3.05, 3.63) is 65.2 Å². The second kappa shape index (κ2) is 11.8. The predicted molar refractivity (Wildman–Crippen MR) is 153 cm³/mol. The first kappa shape index (κ1) is 29.4. The topological polar surface area (TPSA) is 168 Å². The van der Waals surface area contributed by atoms with E-state index in [4.69, 9.17) is 23.7 Å². The fourth-order valence-electron chi connectivity index (χ4n) is 5.48. The zero-order valence-corrected chi connectivity index (χ0v) is 24.0. The van der Waals surface area contributed by atoms with Crippen LogP contribution < -0.4 is 23.7 Å².